The molecule has 6 nitrogen and oxygen atoms in total. The van der Waals surface area contributed by atoms with Crippen LogP contribution in [0.25, 0.3) is 11.3 Å². The molecule has 2 aromatic rings. The fraction of sp³-hybridized carbons (Fsp3) is 0.621. The van der Waals surface area contributed by atoms with Gasteiger partial charge >= 0.3 is 0 Å². The minimum Gasteiger partial charge on any atom is -0.351 e. The Labute approximate surface area is 209 Å². The van der Waals surface area contributed by atoms with Crippen molar-refractivity contribution in [1.82, 2.24) is 20.0 Å². The van der Waals surface area contributed by atoms with Crippen LogP contribution in [0.5, 0.6) is 0 Å². The Kier molecular flexibility index (Phi) is 6.73. The number of hydrogen-bond donors (Lipinski definition) is 1. The van der Waals surface area contributed by atoms with Crippen molar-refractivity contribution < 1.29 is 9.59 Å². The van der Waals surface area contributed by atoms with Gasteiger partial charge in [-0.1, -0.05) is 76.6 Å². The zero-order valence-corrected chi connectivity index (χ0v) is 21.6. The number of hydrogen-bond acceptors (Lipinski definition) is 3. The van der Waals surface area contributed by atoms with Gasteiger partial charge in [0.25, 0.3) is 5.91 Å². The van der Waals surface area contributed by atoms with Crippen LogP contribution in [0.4, 0.5) is 0 Å². The quantitative estimate of drug-likeness (QED) is 0.605. The van der Waals surface area contributed by atoms with Crippen LogP contribution in [-0.4, -0.2) is 44.1 Å². The van der Waals surface area contributed by atoms with Gasteiger partial charge in [0.1, 0.15) is 11.2 Å². The van der Waals surface area contributed by atoms with Crippen molar-refractivity contribution in [2.75, 3.05) is 0 Å². The zero-order valence-electron chi connectivity index (χ0n) is 21.6. The Morgan fingerprint density at radius 1 is 1.00 bits per heavy atom. The largest absolute Gasteiger partial charge is 0.351 e. The average molecular weight is 477 g/mol. The third kappa shape index (κ3) is 4.64. The third-order valence-electron chi connectivity index (χ3n) is 8.45. The van der Waals surface area contributed by atoms with Gasteiger partial charge < -0.3 is 10.2 Å². The lowest BCUT2D eigenvalue weighted by Crippen LogP contribution is -2.67. The lowest BCUT2D eigenvalue weighted by atomic mass is 9.86. The molecule has 2 aliphatic carbocycles. The van der Waals surface area contributed by atoms with Crippen LogP contribution in [0.1, 0.15) is 107 Å². The van der Waals surface area contributed by atoms with Gasteiger partial charge in [0.05, 0.1) is 12.2 Å². The normalized spacial score (nSPS) is 24.0. The fourth-order valence-electron chi connectivity index (χ4n) is 6.28. The Morgan fingerprint density at radius 3 is 2.26 bits per heavy atom. The maximum absolute atomic E-state index is 14.0. The van der Waals surface area contributed by atoms with E-state index in [1.54, 1.807) is 4.68 Å². The highest BCUT2D eigenvalue weighted by molar-refractivity contribution is 6.00. The number of nitrogens with zero attached hydrogens (tertiary/aromatic N) is 3. The van der Waals surface area contributed by atoms with E-state index in [9.17, 15) is 9.59 Å². The number of nitrogens with one attached hydrogen (secondary N) is 1. The Hall–Kier alpha value is -2.63. The summed E-state index contributed by atoms with van der Waals surface area (Å²) in [5, 5.41) is 8.17. The molecule has 2 fully saturated rings. The second-order valence-electron chi connectivity index (χ2n) is 11.4. The van der Waals surface area contributed by atoms with Crippen LogP contribution < -0.4 is 5.32 Å². The minimum atomic E-state index is -0.936. The summed E-state index contributed by atoms with van der Waals surface area (Å²) in [4.78, 5) is 29.8. The van der Waals surface area contributed by atoms with Gasteiger partial charge in [0.2, 0.25) is 5.91 Å². The molecule has 0 saturated heterocycles. The van der Waals surface area contributed by atoms with E-state index in [1.165, 1.54) is 18.4 Å². The molecule has 0 spiro atoms. The maximum Gasteiger partial charge on any atom is 0.273 e. The van der Waals surface area contributed by atoms with Gasteiger partial charge in [0.15, 0.2) is 0 Å². The minimum absolute atomic E-state index is 0.0210. The Morgan fingerprint density at radius 2 is 1.63 bits per heavy atom. The first-order valence-electron chi connectivity index (χ1n) is 13.7. The molecule has 2 amide bonds. The number of rotatable bonds is 5. The number of aromatic nitrogens is 2. The fourth-order valence-corrected chi connectivity index (χ4v) is 6.28. The van der Waals surface area contributed by atoms with E-state index in [0.717, 1.165) is 62.6 Å². The standard InChI is InChI=1S/C29H40N4O2/c1-20(2)21-14-16-22(17-15-21)25-18-26-27(34)33(24-12-8-5-9-13-24)29(3,19-32(26)31-25)28(35)30-23-10-6-4-7-11-23/h14-18,20,23-24H,4-13,19H2,1-3H3,(H,30,35). The number of carbonyl (C=O) groups excluding carboxylic acids is 2. The van der Waals surface area contributed by atoms with Crippen LogP contribution in [0.2, 0.25) is 0 Å². The van der Waals surface area contributed by atoms with Gasteiger partial charge in [-0.05, 0) is 50.2 Å². The number of carbonyl (C=O) groups is 2. The van der Waals surface area contributed by atoms with Gasteiger partial charge in [-0.15, -0.1) is 0 Å². The van der Waals surface area contributed by atoms with E-state index in [4.69, 9.17) is 5.10 Å². The van der Waals surface area contributed by atoms with Gasteiger partial charge in [-0.3, -0.25) is 14.3 Å². The highest BCUT2D eigenvalue weighted by Crippen LogP contribution is 2.36. The van der Waals surface area contributed by atoms with Crippen molar-refractivity contribution in [3.8, 4) is 11.3 Å². The van der Waals surface area contributed by atoms with Crippen LogP contribution >= 0.6 is 0 Å². The predicted octanol–water partition coefficient (Wildman–Crippen LogP) is 5.67. The van der Waals surface area contributed by atoms with E-state index in [0.29, 0.717) is 18.2 Å². The summed E-state index contributed by atoms with van der Waals surface area (Å²) in [5.41, 5.74) is 2.74. The second kappa shape index (κ2) is 9.79. The number of benzene rings is 1. The second-order valence-corrected chi connectivity index (χ2v) is 11.4. The van der Waals surface area contributed by atoms with Crippen molar-refractivity contribution in [1.29, 1.82) is 0 Å². The summed E-state index contributed by atoms with van der Waals surface area (Å²) >= 11 is 0. The molecular weight excluding hydrogens is 436 g/mol. The van der Waals surface area contributed by atoms with Crippen LogP contribution in [0.15, 0.2) is 30.3 Å². The summed E-state index contributed by atoms with van der Waals surface area (Å²) in [6, 6.07) is 10.7. The SMILES string of the molecule is CC(C)c1ccc(-c2cc3n(n2)CC(C)(C(=O)NC2CCCCC2)N(C2CCCCC2)C3=O)cc1. The molecule has 2 heterocycles. The first kappa shape index (κ1) is 24.1. The Bertz CT molecular complexity index is 1060. The van der Waals surface area contributed by atoms with E-state index in [1.807, 2.05) is 17.9 Å². The van der Waals surface area contributed by atoms with Crippen molar-refractivity contribution in [3.05, 3.63) is 41.6 Å². The lowest BCUT2D eigenvalue weighted by molar-refractivity contribution is -0.136. The molecule has 6 heteroatoms. The van der Waals surface area contributed by atoms with Crippen molar-refractivity contribution >= 4 is 11.8 Å². The van der Waals surface area contributed by atoms with E-state index in [-0.39, 0.29) is 23.9 Å². The summed E-state index contributed by atoms with van der Waals surface area (Å²) < 4.78 is 1.79. The van der Waals surface area contributed by atoms with Crippen LogP contribution in [-0.2, 0) is 11.3 Å². The third-order valence-corrected chi connectivity index (χ3v) is 8.45. The highest BCUT2D eigenvalue weighted by Gasteiger charge is 2.51. The average Bonchev–Trinajstić information content (AvgIpc) is 3.29. The van der Waals surface area contributed by atoms with Crippen LogP contribution in [0.3, 0.4) is 0 Å². The van der Waals surface area contributed by atoms with Crippen molar-refractivity contribution in [3.63, 3.8) is 0 Å². The lowest BCUT2D eigenvalue weighted by Gasteiger charge is -2.48. The van der Waals surface area contributed by atoms with E-state index in [2.05, 4.69) is 43.4 Å². The Balaban J connectivity index is 1.48. The molecular formula is C29H40N4O2. The molecule has 1 unspecified atom stereocenters. The van der Waals surface area contributed by atoms with Gasteiger partial charge in [-0.25, -0.2) is 0 Å². The molecule has 1 aromatic carbocycles. The predicted molar refractivity (Wildman–Crippen MR) is 138 cm³/mol. The molecule has 3 aliphatic rings. The maximum atomic E-state index is 14.0. The molecule has 0 bridgehead atoms. The molecule has 1 N–H and O–H groups in total. The summed E-state index contributed by atoms with van der Waals surface area (Å²) in [5.74, 6) is 0.391. The molecule has 0 radical (unpaired) electrons. The zero-order chi connectivity index (χ0) is 24.6. The van der Waals surface area contributed by atoms with E-state index >= 15 is 0 Å². The molecule has 35 heavy (non-hydrogen) atoms. The number of amides is 2. The van der Waals surface area contributed by atoms with E-state index < -0.39 is 5.54 Å². The highest BCUT2D eigenvalue weighted by atomic mass is 16.2. The van der Waals surface area contributed by atoms with Crippen molar-refractivity contribution in [2.24, 2.45) is 0 Å². The first-order valence-corrected chi connectivity index (χ1v) is 13.7. The van der Waals surface area contributed by atoms with Crippen molar-refractivity contribution in [2.45, 2.75) is 115 Å². The first-order chi connectivity index (χ1) is 16.9. The number of fused-ring (bicyclic) bond motifs is 1. The topological polar surface area (TPSA) is 67.2 Å². The van der Waals surface area contributed by atoms with Gasteiger partial charge in [0, 0.05) is 17.6 Å². The summed E-state index contributed by atoms with van der Waals surface area (Å²) in [6.07, 6.45) is 11.0. The molecule has 1 aliphatic heterocycles. The summed E-state index contributed by atoms with van der Waals surface area (Å²) in [7, 11) is 0. The molecule has 2 saturated carbocycles. The molecule has 1 atom stereocenters. The molecule has 188 valence electrons. The van der Waals surface area contributed by atoms with Crippen LogP contribution in [0, 0.1) is 0 Å². The van der Waals surface area contributed by atoms with Gasteiger partial charge in [-0.2, -0.15) is 5.10 Å². The molecule has 1 aromatic heterocycles. The smallest absolute Gasteiger partial charge is 0.273 e. The summed E-state index contributed by atoms with van der Waals surface area (Å²) in [6.45, 7) is 6.72. The monoisotopic (exact) mass is 476 g/mol. The molecule has 5 rings (SSSR count).